The minimum absolute atomic E-state index is 0.00481. The molecule has 0 radical (unpaired) electrons. The zero-order valence-electron chi connectivity index (χ0n) is 11.6. The predicted molar refractivity (Wildman–Crippen MR) is 87.9 cm³/mol. The van der Waals surface area contributed by atoms with Crippen LogP contribution in [0.4, 0.5) is 11.4 Å². The van der Waals surface area contributed by atoms with Gasteiger partial charge in [-0.15, -0.1) is 11.3 Å². The molecule has 21 heavy (non-hydrogen) atoms. The highest BCUT2D eigenvalue weighted by atomic mass is 79.9. The summed E-state index contributed by atoms with van der Waals surface area (Å²) in [6.45, 7) is 2.17. The Morgan fingerprint density at radius 1 is 1.48 bits per heavy atom. The smallest absolute Gasteiger partial charge is 0.292 e. The van der Waals surface area contributed by atoms with Crippen LogP contribution in [0.5, 0.6) is 0 Å². The number of thiophene rings is 1. The molecule has 1 aromatic heterocycles. The topological polar surface area (TPSA) is 66.6 Å². The maximum atomic E-state index is 11.2. The number of anilines is 1. The molecule has 0 fully saturated rings. The minimum atomic E-state index is -0.726. The second-order valence-corrected chi connectivity index (χ2v) is 7.09. The van der Waals surface area contributed by atoms with E-state index in [0.717, 1.165) is 9.35 Å². The van der Waals surface area contributed by atoms with Crippen LogP contribution in [0.1, 0.15) is 24.2 Å². The summed E-state index contributed by atoms with van der Waals surface area (Å²) in [6, 6.07) is 6.83. The molecule has 0 aliphatic heterocycles. The molecule has 1 N–H and O–H groups in total. The monoisotopic (exact) mass is 370 g/mol. The van der Waals surface area contributed by atoms with Crippen molar-refractivity contribution in [2.24, 2.45) is 0 Å². The van der Waals surface area contributed by atoms with Crippen molar-refractivity contribution in [3.8, 4) is 0 Å². The number of rotatable bonds is 5. The van der Waals surface area contributed by atoms with Crippen LogP contribution in [0.2, 0.25) is 0 Å². The molecule has 0 aliphatic rings. The third kappa shape index (κ3) is 3.81. The highest BCUT2D eigenvalue weighted by Gasteiger charge is 2.19. The average molecular weight is 371 g/mol. The normalized spacial score (nSPS) is 12.2. The number of hydrogen-bond acceptors (Lipinski definition) is 5. The number of halogens is 1. The Morgan fingerprint density at radius 2 is 2.19 bits per heavy atom. The average Bonchev–Trinajstić information content (AvgIpc) is 2.83. The van der Waals surface area contributed by atoms with E-state index in [1.54, 1.807) is 30.4 Å². The van der Waals surface area contributed by atoms with E-state index < -0.39 is 11.0 Å². The lowest BCUT2D eigenvalue weighted by Gasteiger charge is -2.19. The van der Waals surface area contributed by atoms with Crippen molar-refractivity contribution >= 4 is 38.6 Å². The maximum absolute atomic E-state index is 11.2. The number of aliphatic hydroxyl groups excluding tert-OH is 1. The van der Waals surface area contributed by atoms with Crippen LogP contribution in [0.25, 0.3) is 0 Å². The van der Waals surface area contributed by atoms with E-state index in [9.17, 15) is 15.2 Å². The second-order valence-electron chi connectivity index (χ2n) is 4.80. The van der Waals surface area contributed by atoms with Gasteiger partial charge in [0.05, 0.1) is 14.8 Å². The van der Waals surface area contributed by atoms with Crippen LogP contribution in [0.3, 0.4) is 0 Å². The lowest BCUT2D eigenvalue weighted by atomic mass is 10.1. The Morgan fingerprint density at radius 3 is 2.71 bits per heavy atom. The summed E-state index contributed by atoms with van der Waals surface area (Å²) in [5.74, 6) is 0. The van der Waals surface area contributed by atoms with Crippen molar-refractivity contribution < 1.29 is 10.0 Å². The van der Waals surface area contributed by atoms with Crippen LogP contribution in [-0.2, 0) is 6.54 Å². The second kappa shape index (κ2) is 6.55. The predicted octanol–water partition coefficient (Wildman–Crippen LogP) is 4.11. The molecule has 7 heteroatoms. The summed E-state index contributed by atoms with van der Waals surface area (Å²) in [7, 11) is 1.82. The van der Waals surface area contributed by atoms with Gasteiger partial charge in [0.25, 0.3) is 5.69 Å². The molecular weight excluding hydrogens is 356 g/mol. The Bertz CT molecular complexity index is 657. The van der Waals surface area contributed by atoms with Crippen molar-refractivity contribution in [2.45, 2.75) is 19.6 Å². The van der Waals surface area contributed by atoms with Gasteiger partial charge in [-0.2, -0.15) is 0 Å². The summed E-state index contributed by atoms with van der Waals surface area (Å²) < 4.78 is 1.03. The van der Waals surface area contributed by atoms with Gasteiger partial charge in [-0.1, -0.05) is 6.07 Å². The highest BCUT2D eigenvalue weighted by molar-refractivity contribution is 9.11. The van der Waals surface area contributed by atoms with Crippen molar-refractivity contribution in [1.82, 2.24) is 0 Å². The molecule has 0 bridgehead atoms. The van der Waals surface area contributed by atoms with Crippen molar-refractivity contribution in [3.63, 3.8) is 0 Å². The first-order chi connectivity index (χ1) is 9.88. The first kappa shape index (κ1) is 15.9. The van der Waals surface area contributed by atoms with Gasteiger partial charge in [-0.25, -0.2) is 0 Å². The maximum Gasteiger partial charge on any atom is 0.292 e. The van der Waals surface area contributed by atoms with Crippen LogP contribution in [0.15, 0.2) is 33.4 Å². The Labute approximate surface area is 135 Å². The number of nitro benzene ring substituents is 1. The van der Waals surface area contributed by atoms with Crippen LogP contribution < -0.4 is 4.90 Å². The third-order valence-corrected chi connectivity index (χ3v) is 4.68. The van der Waals surface area contributed by atoms with Crippen LogP contribution >= 0.6 is 27.3 Å². The fraction of sp³-hybridized carbons (Fsp3) is 0.286. The summed E-state index contributed by atoms with van der Waals surface area (Å²) in [6.07, 6.45) is -0.726. The Hall–Kier alpha value is -1.44. The lowest BCUT2D eigenvalue weighted by molar-refractivity contribution is -0.384. The van der Waals surface area contributed by atoms with Crippen molar-refractivity contribution in [3.05, 3.63) is 54.7 Å². The first-order valence-corrected chi connectivity index (χ1v) is 7.96. The fourth-order valence-corrected chi connectivity index (χ4v) is 3.26. The highest BCUT2D eigenvalue weighted by Crippen LogP contribution is 2.32. The molecule has 5 nitrogen and oxygen atoms in total. The van der Waals surface area contributed by atoms with E-state index in [-0.39, 0.29) is 5.69 Å². The third-order valence-electron chi connectivity index (χ3n) is 3.13. The Kier molecular flexibility index (Phi) is 4.97. The van der Waals surface area contributed by atoms with Gasteiger partial charge in [0.2, 0.25) is 0 Å². The fourth-order valence-electron chi connectivity index (χ4n) is 2.06. The zero-order valence-corrected chi connectivity index (χ0v) is 14.0. The molecule has 0 saturated carbocycles. The molecule has 112 valence electrons. The summed E-state index contributed by atoms with van der Waals surface area (Å²) in [5.41, 5.74) is 2.16. The minimum Gasteiger partial charge on any atom is -0.389 e. The van der Waals surface area contributed by atoms with E-state index in [4.69, 9.17) is 0 Å². The number of nitrogens with zero attached hydrogens (tertiary/aromatic N) is 2. The molecule has 2 aromatic rings. The van der Waals surface area contributed by atoms with Gasteiger partial charge in [0.15, 0.2) is 0 Å². The molecule has 0 spiro atoms. The largest absolute Gasteiger partial charge is 0.389 e. The molecule has 0 amide bonds. The number of hydrogen-bond donors (Lipinski definition) is 1. The molecule has 0 unspecified atom stereocenters. The quantitative estimate of drug-likeness (QED) is 0.635. The summed E-state index contributed by atoms with van der Waals surface area (Å²) >= 11 is 4.99. The van der Waals surface area contributed by atoms with Crippen molar-refractivity contribution in [1.29, 1.82) is 0 Å². The van der Waals surface area contributed by atoms with Gasteiger partial charge >= 0.3 is 0 Å². The Balaban J connectivity index is 2.31. The number of nitro groups is 1. The van der Waals surface area contributed by atoms with Crippen LogP contribution in [-0.4, -0.2) is 17.1 Å². The van der Waals surface area contributed by atoms with E-state index in [0.29, 0.717) is 17.8 Å². The molecule has 1 heterocycles. The molecule has 0 aliphatic carbocycles. The standard InChI is InChI=1S/C14H15BrN2O3S/c1-9(18)11-3-4-12(13(6-11)17(19)20)16(2)7-10-5-14(15)21-8-10/h3-6,8-9,18H,7H2,1-2H3/t9-/m1/s1. The van der Waals surface area contributed by atoms with Gasteiger partial charge < -0.3 is 10.0 Å². The zero-order chi connectivity index (χ0) is 15.6. The molecule has 1 aromatic carbocycles. The van der Waals surface area contributed by atoms with E-state index in [1.807, 2.05) is 23.4 Å². The first-order valence-electron chi connectivity index (χ1n) is 6.29. The molecule has 0 saturated heterocycles. The van der Waals surface area contributed by atoms with Gasteiger partial charge in [0, 0.05) is 19.7 Å². The summed E-state index contributed by atoms with van der Waals surface area (Å²) in [4.78, 5) is 12.7. The lowest BCUT2D eigenvalue weighted by Crippen LogP contribution is -2.17. The number of aliphatic hydroxyl groups is 1. The van der Waals surface area contributed by atoms with E-state index >= 15 is 0 Å². The SMILES string of the molecule is C[C@@H](O)c1ccc(N(C)Cc2csc(Br)c2)c([N+](=O)[O-])c1. The van der Waals surface area contributed by atoms with Gasteiger partial charge in [-0.3, -0.25) is 10.1 Å². The molecular formula is C14H15BrN2O3S. The van der Waals surface area contributed by atoms with Gasteiger partial charge in [-0.05, 0) is 51.5 Å². The van der Waals surface area contributed by atoms with E-state index in [2.05, 4.69) is 15.9 Å². The molecule has 1 atom stereocenters. The summed E-state index contributed by atoms with van der Waals surface area (Å²) in [5, 5.41) is 22.8. The molecule has 2 rings (SSSR count). The van der Waals surface area contributed by atoms with Crippen molar-refractivity contribution in [2.75, 3.05) is 11.9 Å². The van der Waals surface area contributed by atoms with E-state index in [1.165, 1.54) is 6.07 Å². The number of benzene rings is 1. The van der Waals surface area contributed by atoms with Gasteiger partial charge in [0.1, 0.15) is 5.69 Å². The van der Waals surface area contributed by atoms with Crippen LogP contribution in [0, 0.1) is 10.1 Å².